The maximum absolute atomic E-state index is 12.4. The summed E-state index contributed by atoms with van der Waals surface area (Å²) in [5, 5.41) is 26.9. The Balaban J connectivity index is 1.49. The second-order valence-electron chi connectivity index (χ2n) is 8.92. The Morgan fingerprint density at radius 3 is 2.71 bits per heavy atom. The second kappa shape index (κ2) is 6.74. The summed E-state index contributed by atoms with van der Waals surface area (Å²) in [6.07, 6.45) is 0.0802. The van der Waals surface area contributed by atoms with Gasteiger partial charge in [0.05, 0.1) is 36.2 Å². The first-order valence-electron chi connectivity index (χ1n) is 9.82. The number of carbonyl (C=O) groups is 2. The number of nitrogens with zero attached hydrogens (tertiary/aromatic N) is 2. The van der Waals surface area contributed by atoms with E-state index in [1.165, 1.54) is 4.90 Å². The van der Waals surface area contributed by atoms with Gasteiger partial charge in [0.1, 0.15) is 11.5 Å². The highest BCUT2D eigenvalue weighted by Crippen LogP contribution is 2.51. The summed E-state index contributed by atoms with van der Waals surface area (Å²) in [6, 6.07) is -0.110. The highest BCUT2D eigenvalue weighted by atomic mass is 32.2. The van der Waals surface area contributed by atoms with Crippen molar-refractivity contribution in [2.24, 2.45) is 16.8 Å². The lowest BCUT2D eigenvalue weighted by atomic mass is 9.79. The summed E-state index contributed by atoms with van der Waals surface area (Å²) in [5.41, 5.74) is 0.0784. The van der Waals surface area contributed by atoms with Crippen LogP contribution in [0.3, 0.4) is 0 Å². The zero-order valence-electron chi connectivity index (χ0n) is 16.6. The lowest BCUT2D eigenvalue weighted by molar-refractivity contribution is -0.163. The van der Waals surface area contributed by atoms with Crippen LogP contribution in [0.25, 0.3) is 0 Å². The molecule has 0 bridgehead atoms. The summed E-state index contributed by atoms with van der Waals surface area (Å²) in [4.78, 5) is 31.1. The number of hydrogen-bond donors (Lipinski definition) is 4. The van der Waals surface area contributed by atoms with E-state index in [-0.39, 0.29) is 40.4 Å². The molecule has 4 rings (SSSR count). The number of amides is 1. The number of carboxylic acid groups (broad SMARTS) is 1. The second-order valence-corrected chi connectivity index (χ2v) is 10.3. The number of aliphatic hydroxyl groups is 1. The predicted molar refractivity (Wildman–Crippen MR) is 107 cm³/mol. The molecule has 9 heteroatoms. The molecular weight excluding hydrogens is 380 g/mol. The summed E-state index contributed by atoms with van der Waals surface area (Å²) in [6.45, 7) is 9.31. The van der Waals surface area contributed by atoms with Crippen LogP contribution >= 0.6 is 11.8 Å². The van der Waals surface area contributed by atoms with Crippen LogP contribution < -0.4 is 10.6 Å². The molecule has 6 atom stereocenters. The zero-order valence-corrected chi connectivity index (χ0v) is 17.4. The Morgan fingerprint density at radius 2 is 2.14 bits per heavy atom. The topological polar surface area (TPSA) is 114 Å². The van der Waals surface area contributed by atoms with E-state index in [0.29, 0.717) is 0 Å². The molecule has 0 aromatic heterocycles. The van der Waals surface area contributed by atoms with E-state index in [2.05, 4.69) is 29.5 Å². The molecule has 4 aliphatic heterocycles. The van der Waals surface area contributed by atoms with Gasteiger partial charge in [0.2, 0.25) is 5.91 Å². The fourth-order valence-electron chi connectivity index (χ4n) is 4.77. The SMILES string of the molecule is C[C@@H](O)[C@@H]1C(=O)N2C(C(=O)O)=C(S[C@@H]3CN[C@H](C4=NCC(C)(C)N4)C3)[C@H](C)[C@H]12. The van der Waals surface area contributed by atoms with Gasteiger partial charge in [-0.25, -0.2) is 4.79 Å². The molecule has 0 unspecified atom stereocenters. The van der Waals surface area contributed by atoms with Gasteiger partial charge >= 0.3 is 5.97 Å². The smallest absolute Gasteiger partial charge is 0.353 e. The molecule has 154 valence electrons. The fourth-order valence-corrected chi connectivity index (χ4v) is 6.24. The van der Waals surface area contributed by atoms with Crippen LogP contribution in [-0.4, -0.2) is 74.9 Å². The third kappa shape index (κ3) is 3.04. The summed E-state index contributed by atoms with van der Waals surface area (Å²) >= 11 is 1.56. The lowest BCUT2D eigenvalue weighted by Gasteiger charge is -2.46. The Labute approximate surface area is 168 Å². The zero-order chi connectivity index (χ0) is 20.4. The number of hydrogen-bond acceptors (Lipinski definition) is 7. The maximum Gasteiger partial charge on any atom is 0.353 e. The molecule has 4 aliphatic rings. The van der Waals surface area contributed by atoms with Crippen molar-refractivity contribution >= 4 is 29.5 Å². The number of fused-ring (bicyclic) bond motifs is 1. The molecular formula is C19H28N4O4S. The average Bonchev–Trinajstić information content (AvgIpc) is 3.25. The first-order valence-corrected chi connectivity index (χ1v) is 10.7. The molecule has 28 heavy (non-hydrogen) atoms. The number of β-lactam (4-membered cyclic amide) rings is 1. The van der Waals surface area contributed by atoms with E-state index in [4.69, 9.17) is 0 Å². The van der Waals surface area contributed by atoms with Crippen LogP contribution in [0.1, 0.15) is 34.1 Å². The maximum atomic E-state index is 12.4. The van der Waals surface area contributed by atoms with E-state index in [9.17, 15) is 19.8 Å². The van der Waals surface area contributed by atoms with Gasteiger partial charge in [-0.1, -0.05) is 6.92 Å². The van der Waals surface area contributed by atoms with Gasteiger partial charge in [-0.15, -0.1) is 11.8 Å². The standard InChI is InChI=1S/C19H28N4O4S/c1-8-13-12(9(2)24)17(25)23(13)14(18(26)27)15(8)28-10-5-11(20-6-10)16-21-7-19(3,4)22-16/h8-13,20,24H,5-7H2,1-4H3,(H,21,22)(H,26,27)/t8-,9-,10+,11+,12+,13-/m1/s1. The van der Waals surface area contributed by atoms with Gasteiger partial charge in [-0.3, -0.25) is 9.79 Å². The number of aliphatic imine (C=N–C) groups is 1. The molecule has 8 nitrogen and oxygen atoms in total. The molecule has 4 N–H and O–H groups in total. The number of rotatable bonds is 5. The largest absolute Gasteiger partial charge is 0.477 e. The molecule has 2 fully saturated rings. The van der Waals surface area contributed by atoms with Gasteiger partial charge in [0.25, 0.3) is 0 Å². The Hall–Kier alpha value is -1.58. The monoisotopic (exact) mass is 408 g/mol. The van der Waals surface area contributed by atoms with Crippen LogP contribution in [0.4, 0.5) is 0 Å². The van der Waals surface area contributed by atoms with Crippen LogP contribution in [0.15, 0.2) is 15.6 Å². The Kier molecular flexibility index (Phi) is 4.75. The van der Waals surface area contributed by atoms with Crippen molar-refractivity contribution in [2.45, 2.75) is 63.1 Å². The normalized spacial score (nSPS) is 37.5. The lowest BCUT2D eigenvalue weighted by Crippen LogP contribution is -2.63. The van der Waals surface area contributed by atoms with Crippen molar-refractivity contribution in [1.82, 2.24) is 15.5 Å². The first-order chi connectivity index (χ1) is 13.1. The summed E-state index contributed by atoms with van der Waals surface area (Å²) in [7, 11) is 0. The summed E-state index contributed by atoms with van der Waals surface area (Å²) < 4.78 is 0. The number of carboxylic acids is 1. The molecule has 0 spiro atoms. The first kappa shape index (κ1) is 19.7. The molecule has 0 aromatic carbocycles. The van der Waals surface area contributed by atoms with Gasteiger partial charge in [-0.05, 0) is 27.2 Å². The van der Waals surface area contributed by atoms with Crippen LogP contribution in [0, 0.1) is 11.8 Å². The number of nitrogens with one attached hydrogen (secondary N) is 2. The van der Waals surface area contributed by atoms with Crippen LogP contribution in [0.2, 0.25) is 0 Å². The van der Waals surface area contributed by atoms with Crippen LogP contribution in [-0.2, 0) is 9.59 Å². The molecule has 1 amide bonds. The van der Waals surface area contributed by atoms with Crippen molar-refractivity contribution in [1.29, 1.82) is 0 Å². The van der Waals surface area contributed by atoms with Crippen LogP contribution in [0.5, 0.6) is 0 Å². The van der Waals surface area contributed by atoms with Crippen molar-refractivity contribution in [3.8, 4) is 0 Å². The number of amidine groups is 1. The minimum atomic E-state index is -1.07. The van der Waals surface area contributed by atoms with E-state index in [1.807, 2.05) is 6.92 Å². The minimum absolute atomic E-state index is 0.0238. The number of aliphatic carboxylic acids is 1. The van der Waals surface area contributed by atoms with Crippen molar-refractivity contribution < 1.29 is 19.8 Å². The van der Waals surface area contributed by atoms with Crippen molar-refractivity contribution in [2.75, 3.05) is 13.1 Å². The van der Waals surface area contributed by atoms with Crippen molar-refractivity contribution in [3.63, 3.8) is 0 Å². The van der Waals surface area contributed by atoms with E-state index >= 15 is 0 Å². The molecule has 0 saturated carbocycles. The molecule has 2 saturated heterocycles. The Bertz CT molecular complexity index is 778. The summed E-state index contributed by atoms with van der Waals surface area (Å²) in [5.74, 6) is -0.980. The highest BCUT2D eigenvalue weighted by molar-refractivity contribution is 8.03. The van der Waals surface area contributed by atoms with E-state index < -0.39 is 18.0 Å². The molecule has 0 radical (unpaired) electrons. The van der Waals surface area contributed by atoms with Gasteiger partial charge in [0, 0.05) is 22.6 Å². The third-order valence-electron chi connectivity index (χ3n) is 6.14. The number of thioether (sulfide) groups is 1. The van der Waals surface area contributed by atoms with E-state index in [0.717, 1.165) is 30.3 Å². The number of carbonyl (C=O) groups excluding carboxylic acids is 1. The van der Waals surface area contributed by atoms with Gasteiger partial charge in [-0.2, -0.15) is 0 Å². The molecule has 0 aromatic rings. The predicted octanol–water partition coefficient (Wildman–Crippen LogP) is 0.384. The quantitative estimate of drug-likeness (QED) is 0.487. The Morgan fingerprint density at radius 1 is 1.43 bits per heavy atom. The fraction of sp³-hybridized carbons (Fsp3) is 0.737. The third-order valence-corrected chi connectivity index (χ3v) is 7.65. The molecule has 4 heterocycles. The van der Waals surface area contributed by atoms with Gasteiger partial charge in [0.15, 0.2) is 0 Å². The highest BCUT2D eigenvalue weighted by Gasteiger charge is 2.60. The van der Waals surface area contributed by atoms with E-state index in [1.54, 1.807) is 18.7 Å². The number of aliphatic hydroxyl groups excluding tert-OH is 1. The van der Waals surface area contributed by atoms with Crippen molar-refractivity contribution in [3.05, 3.63) is 10.6 Å². The minimum Gasteiger partial charge on any atom is -0.477 e. The molecule has 0 aliphatic carbocycles. The van der Waals surface area contributed by atoms with Gasteiger partial charge < -0.3 is 25.7 Å². The average molecular weight is 409 g/mol.